The summed E-state index contributed by atoms with van der Waals surface area (Å²) in [7, 11) is -3.59. The van der Waals surface area contributed by atoms with E-state index in [4.69, 9.17) is 5.73 Å². The summed E-state index contributed by atoms with van der Waals surface area (Å²) in [6, 6.07) is 3.39. The van der Waals surface area contributed by atoms with Gasteiger partial charge in [-0.2, -0.15) is 0 Å². The third kappa shape index (κ3) is 2.17. The first-order valence-corrected chi connectivity index (χ1v) is 6.40. The predicted octanol–water partition coefficient (Wildman–Crippen LogP) is 1.24. The molecule has 0 unspecified atom stereocenters. The highest BCUT2D eigenvalue weighted by Gasteiger charge is 2.41. The van der Waals surface area contributed by atoms with Crippen molar-refractivity contribution in [3.63, 3.8) is 0 Å². The summed E-state index contributed by atoms with van der Waals surface area (Å²) < 4.78 is 39.2. The molecule has 0 amide bonds. The van der Waals surface area contributed by atoms with Gasteiger partial charge in [-0.25, -0.2) is 17.5 Å². The van der Waals surface area contributed by atoms with Crippen LogP contribution in [0, 0.1) is 5.82 Å². The van der Waals surface area contributed by atoms with Crippen LogP contribution < -0.4 is 10.5 Å². The Bertz CT molecular complexity index is 524. The summed E-state index contributed by atoms with van der Waals surface area (Å²) in [5.41, 5.74) is 4.82. The molecule has 1 aliphatic rings. The Labute approximate surface area is 93.7 Å². The van der Waals surface area contributed by atoms with Crippen LogP contribution in [0.25, 0.3) is 0 Å². The van der Waals surface area contributed by atoms with Crippen molar-refractivity contribution in [2.24, 2.45) is 0 Å². The number of halogens is 1. The Hall–Kier alpha value is -1.14. The molecule has 1 aliphatic carbocycles. The molecule has 88 valence electrons. The number of nitrogens with two attached hydrogens (primary N) is 1. The zero-order valence-electron chi connectivity index (χ0n) is 8.83. The Balaban J connectivity index is 2.32. The molecular weight excluding hydrogens is 231 g/mol. The lowest BCUT2D eigenvalue weighted by Crippen LogP contribution is -2.34. The van der Waals surface area contributed by atoms with Gasteiger partial charge >= 0.3 is 0 Å². The van der Waals surface area contributed by atoms with E-state index in [9.17, 15) is 12.8 Å². The summed E-state index contributed by atoms with van der Waals surface area (Å²) in [6.07, 6.45) is 1.64. The van der Waals surface area contributed by atoms with Gasteiger partial charge < -0.3 is 5.73 Å². The smallest absolute Gasteiger partial charge is 0.241 e. The van der Waals surface area contributed by atoms with E-state index in [2.05, 4.69) is 4.72 Å². The number of rotatable bonds is 3. The van der Waals surface area contributed by atoms with Crippen LogP contribution in [0.15, 0.2) is 23.1 Å². The van der Waals surface area contributed by atoms with Crippen molar-refractivity contribution in [1.29, 1.82) is 0 Å². The van der Waals surface area contributed by atoms with Gasteiger partial charge in [0.05, 0.1) is 10.6 Å². The Morgan fingerprint density at radius 3 is 2.56 bits per heavy atom. The predicted molar refractivity (Wildman–Crippen MR) is 58.8 cm³/mol. The van der Waals surface area contributed by atoms with Gasteiger partial charge in [0.2, 0.25) is 10.0 Å². The average Bonchev–Trinajstić information content (AvgIpc) is 2.86. The second kappa shape index (κ2) is 3.43. The Kier molecular flexibility index (Phi) is 2.43. The zero-order chi connectivity index (χ0) is 12.0. The first-order valence-electron chi connectivity index (χ1n) is 4.91. The van der Waals surface area contributed by atoms with E-state index in [0.29, 0.717) is 0 Å². The zero-order valence-corrected chi connectivity index (χ0v) is 9.64. The molecule has 16 heavy (non-hydrogen) atoms. The number of anilines is 1. The third-order valence-corrected chi connectivity index (χ3v) is 4.29. The van der Waals surface area contributed by atoms with Crippen molar-refractivity contribution in [2.45, 2.75) is 30.2 Å². The molecule has 0 heterocycles. The number of hydrogen-bond donors (Lipinski definition) is 2. The maximum atomic E-state index is 12.9. The average molecular weight is 244 g/mol. The van der Waals surface area contributed by atoms with Crippen molar-refractivity contribution < 1.29 is 12.8 Å². The van der Waals surface area contributed by atoms with Crippen LogP contribution >= 0.6 is 0 Å². The minimum Gasteiger partial charge on any atom is -0.396 e. The third-order valence-electron chi connectivity index (χ3n) is 2.66. The lowest BCUT2D eigenvalue weighted by atomic mass is 10.3. The monoisotopic (exact) mass is 244 g/mol. The van der Waals surface area contributed by atoms with E-state index in [1.807, 2.05) is 6.92 Å². The molecule has 0 aliphatic heterocycles. The van der Waals surface area contributed by atoms with Crippen LogP contribution in [-0.2, 0) is 10.0 Å². The molecule has 4 nitrogen and oxygen atoms in total. The molecule has 3 N–H and O–H groups in total. The highest BCUT2D eigenvalue weighted by Crippen LogP contribution is 2.36. The summed E-state index contributed by atoms with van der Waals surface area (Å²) in [5.74, 6) is -0.614. The molecule has 0 bridgehead atoms. The van der Waals surface area contributed by atoms with Crippen molar-refractivity contribution in [3.05, 3.63) is 24.0 Å². The normalized spacial score (nSPS) is 18.4. The van der Waals surface area contributed by atoms with Gasteiger partial charge in [-0.3, -0.25) is 0 Å². The number of sulfonamides is 1. The molecule has 1 aromatic carbocycles. The van der Waals surface area contributed by atoms with Crippen LogP contribution in [0.4, 0.5) is 10.1 Å². The second-order valence-electron chi connectivity index (χ2n) is 4.35. The highest BCUT2D eigenvalue weighted by molar-refractivity contribution is 7.89. The molecule has 1 saturated carbocycles. The van der Waals surface area contributed by atoms with E-state index in [1.165, 1.54) is 6.07 Å². The lowest BCUT2D eigenvalue weighted by Gasteiger charge is -2.12. The molecule has 0 radical (unpaired) electrons. The molecule has 1 aromatic rings. The first-order chi connectivity index (χ1) is 7.32. The van der Waals surface area contributed by atoms with E-state index in [0.717, 1.165) is 25.0 Å². The molecule has 2 rings (SSSR count). The molecule has 1 fully saturated rings. The maximum Gasteiger partial charge on any atom is 0.241 e. The maximum absolute atomic E-state index is 12.9. The second-order valence-corrected chi connectivity index (χ2v) is 6.03. The first kappa shape index (κ1) is 11.3. The van der Waals surface area contributed by atoms with Crippen LogP contribution in [0.2, 0.25) is 0 Å². The van der Waals surface area contributed by atoms with Gasteiger partial charge in [0.15, 0.2) is 0 Å². The summed E-state index contributed by atoms with van der Waals surface area (Å²) in [6.45, 7) is 1.83. The van der Waals surface area contributed by atoms with Gasteiger partial charge in [0.1, 0.15) is 5.82 Å². The van der Waals surface area contributed by atoms with Crippen molar-refractivity contribution in [2.75, 3.05) is 5.73 Å². The van der Waals surface area contributed by atoms with Gasteiger partial charge in [0.25, 0.3) is 0 Å². The van der Waals surface area contributed by atoms with Crippen molar-refractivity contribution in [1.82, 2.24) is 4.72 Å². The summed E-state index contributed by atoms with van der Waals surface area (Å²) >= 11 is 0. The SMILES string of the molecule is CC1(NS(=O)(=O)c2ccc(F)c(N)c2)CC1. The topological polar surface area (TPSA) is 72.2 Å². The standard InChI is InChI=1S/C10H13FN2O2S/c1-10(4-5-10)13-16(14,15)7-2-3-8(11)9(12)6-7/h2-3,6,13H,4-5,12H2,1H3. The minimum absolute atomic E-state index is 0.000440. The molecule has 0 aromatic heterocycles. The van der Waals surface area contributed by atoms with Gasteiger partial charge in [-0.15, -0.1) is 0 Å². The Morgan fingerprint density at radius 1 is 1.44 bits per heavy atom. The molecule has 0 atom stereocenters. The quantitative estimate of drug-likeness (QED) is 0.786. The molecule has 6 heteroatoms. The number of nitrogen functional groups attached to an aromatic ring is 1. The number of benzene rings is 1. The molecule has 0 saturated heterocycles. The van der Waals surface area contributed by atoms with Crippen LogP contribution in [0.3, 0.4) is 0 Å². The van der Waals surface area contributed by atoms with Crippen LogP contribution in [0.5, 0.6) is 0 Å². The van der Waals surface area contributed by atoms with Crippen molar-refractivity contribution in [3.8, 4) is 0 Å². The Morgan fingerprint density at radius 2 is 2.06 bits per heavy atom. The van der Waals surface area contributed by atoms with E-state index >= 15 is 0 Å². The number of nitrogens with one attached hydrogen (secondary N) is 1. The van der Waals surface area contributed by atoms with E-state index in [1.54, 1.807) is 0 Å². The summed E-state index contributed by atoms with van der Waals surface area (Å²) in [4.78, 5) is -0.000440. The van der Waals surface area contributed by atoms with Crippen LogP contribution in [0.1, 0.15) is 19.8 Å². The number of hydrogen-bond acceptors (Lipinski definition) is 3. The van der Waals surface area contributed by atoms with Crippen molar-refractivity contribution >= 4 is 15.7 Å². The molecule has 0 spiro atoms. The van der Waals surface area contributed by atoms with Gasteiger partial charge in [0, 0.05) is 5.54 Å². The molecular formula is C10H13FN2O2S. The highest BCUT2D eigenvalue weighted by atomic mass is 32.2. The summed E-state index contributed by atoms with van der Waals surface area (Å²) in [5, 5.41) is 0. The largest absolute Gasteiger partial charge is 0.396 e. The van der Waals surface area contributed by atoms with Crippen LogP contribution in [-0.4, -0.2) is 14.0 Å². The van der Waals surface area contributed by atoms with Gasteiger partial charge in [-0.1, -0.05) is 0 Å². The fourth-order valence-corrected chi connectivity index (χ4v) is 2.86. The fraction of sp³-hybridized carbons (Fsp3) is 0.400. The van der Waals surface area contributed by atoms with E-state index in [-0.39, 0.29) is 16.1 Å². The lowest BCUT2D eigenvalue weighted by molar-refractivity contribution is 0.557. The minimum atomic E-state index is -3.59. The fourth-order valence-electron chi connectivity index (χ4n) is 1.36. The van der Waals surface area contributed by atoms with Gasteiger partial charge in [-0.05, 0) is 38.0 Å². The van der Waals surface area contributed by atoms with E-state index < -0.39 is 15.8 Å².